The molecule has 1 aromatic carbocycles. The number of ether oxygens (including phenoxy) is 2. The maximum atomic E-state index is 11.4. The molecule has 1 aliphatic rings. The Labute approximate surface area is 104 Å². The Morgan fingerprint density at radius 3 is 3.11 bits per heavy atom. The Bertz CT molecular complexity index is 596. The zero-order valence-corrected chi connectivity index (χ0v) is 9.93. The van der Waals surface area contributed by atoms with Gasteiger partial charge in [0.25, 0.3) is 0 Å². The quantitative estimate of drug-likeness (QED) is 0.834. The molecule has 1 aliphatic heterocycles. The van der Waals surface area contributed by atoms with E-state index in [1.165, 1.54) is 6.26 Å². The van der Waals surface area contributed by atoms with Crippen molar-refractivity contribution in [2.45, 2.75) is 18.9 Å². The van der Waals surface area contributed by atoms with Crippen LogP contribution in [0.4, 0.5) is 0 Å². The first kappa shape index (κ1) is 11.3. The van der Waals surface area contributed by atoms with Crippen molar-refractivity contribution < 1.29 is 13.9 Å². The second kappa shape index (κ2) is 4.82. The summed E-state index contributed by atoms with van der Waals surface area (Å²) in [5.41, 5.74) is -0.321. The molecule has 0 bridgehead atoms. The van der Waals surface area contributed by atoms with Crippen LogP contribution in [-0.4, -0.2) is 19.3 Å². The molecule has 0 N–H and O–H groups in total. The summed E-state index contributed by atoms with van der Waals surface area (Å²) < 4.78 is 16.0. The van der Waals surface area contributed by atoms with Crippen LogP contribution in [0.5, 0.6) is 5.75 Å². The molecule has 4 nitrogen and oxygen atoms in total. The lowest BCUT2D eigenvalue weighted by atomic mass is 10.2. The molecule has 0 amide bonds. The molecule has 1 fully saturated rings. The van der Waals surface area contributed by atoms with E-state index in [-0.39, 0.29) is 11.7 Å². The van der Waals surface area contributed by atoms with E-state index in [0.29, 0.717) is 12.0 Å². The monoisotopic (exact) mass is 246 g/mol. The lowest BCUT2D eigenvalue weighted by molar-refractivity contribution is 0.0680. The van der Waals surface area contributed by atoms with Crippen molar-refractivity contribution in [3.05, 3.63) is 40.9 Å². The van der Waals surface area contributed by atoms with Gasteiger partial charge in [-0.2, -0.15) is 0 Å². The van der Waals surface area contributed by atoms with Gasteiger partial charge in [0.15, 0.2) is 0 Å². The lowest BCUT2D eigenvalue weighted by Crippen LogP contribution is -2.16. The van der Waals surface area contributed by atoms with Crippen molar-refractivity contribution >= 4 is 10.8 Å². The molecular formula is C14H14O4. The first-order valence-corrected chi connectivity index (χ1v) is 6.09. The fourth-order valence-electron chi connectivity index (χ4n) is 2.15. The normalized spacial score (nSPS) is 19.2. The Morgan fingerprint density at radius 2 is 2.28 bits per heavy atom. The van der Waals surface area contributed by atoms with Crippen LogP contribution in [0.25, 0.3) is 10.8 Å². The molecule has 18 heavy (non-hydrogen) atoms. The molecule has 4 heteroatoms. The third-order valence-electron chi connectivity index (χ3n) is 3.13. The van der Waals surface area contributed by atoms with Gasteiger partial charge in [-0.15, -0.1) is 0 Å². The minimum atomic E-state index is -0.321. The summed E-state index contributed by atoms with van der Waals surface area (Å²) in [4.78, 5) is 11.4. The second-order valence-corrected chi connectivity index (χ2v) is 4.40. The highest BCUT2D eigenvalue weighted by Gasteiger charge is 2.16. The molecular weight excluding hydrogens is 232 g/mol. The third kappa shape index (κ3) is 2.24. The number of fused-ring (bicyclic) bond motifs is 1. The number of hydrogen-bond acceptors (Lipinski definition) is 4. The van der Waals surface area contributed by atoms with Crippen LogP contribution < -0.4 is 10.4 Å². The van der Waals surface area contributed by atoms with Crippen molar-refractivity contribution in [3.63, 3.8) is 0 Å². The van der Waals surface area contributed by atoms with Gasteiger partial charge in [-0.3, -0.25) is 0 Å². The van der Waals surface area contributed by atoms with Crippen molar-refractivity contribution in [2.75, 3.05) is 13.2 Å². The van der Waals surface area contributed by atoms with E-state index in [2.05, 4.69) is 0 Å². The molecule has 1 atom stereocenters. The smallest absolute Gasteiger partial charge is 0.343 e. The van der Waals surface area contributed by atoms with Gasteiger partial charge in [-0.05, 0) is 42.5 Å². The van der Waals surface area contributed by atoms with Gasteiger partial charge >= 0.3 is 5.63 Å². The molecule has 2 aromatic rings. The fourth-order valence-corrected chi connectivity index (χ4v) is 2.15. The van der Waals surface area contributed by atoms with E-state index < -0.39 is 0 Å². The van der Waals surface area contributed by atoms with Gasteiger partial charge < -0.3 is 13.9 Å². The first-order valence-electron chi connectivity index (χ1n) is 6.09. The Morgan fingerprint density at radius 1 is 1.33 bits per heavy atom. The van der Waals surface area contributed by atoms with Crippen LogP contribution in [0.3, 0.4) is 0 Å². The van der Waals surface area contributed by atoms with E-state index >= 15 is 0 Å². The minimum Gasteiger partial charge on any atom is -0.491 e. The number of benzene rings is 1. The molecule has 94 valence electrons. The topological polar surface area (TPSA) is 48.7 Å². The van der Waals surface area contributed by atoms with E-state index in [1.54, 1.807) is 18.2 Å². The maximum absolute atomic E-state index is 11.4. The lowest BCUT2D eigenvalue weighted by Gasteiger charge is -2.11. The third-order valence-corrected chi connectivity index (χ3v) is 3.13. The summed E-state index contributed by atoms with van der Waals surface area (Å²) in [6.45, 7) is 1.39. The molecule has 0 spiro atoms. The van der Waals surface area contributed by atoms with Crippen LogP contribution in [0.15, 0.2) is 39.7 Å². The van der Waals surface area contributed by atoms with Crippen molar-refractivity contribution in [2.24, 2.45) is 0 Å². The van der Waals surface area contributed by atoms with Gasteiger partial charge in [0.05, 0.1) is 17.8 Å². The zero-order chi connectivity index (χ0) is 12.4. The highest BCUT2D eigenvalue weighted by molar-refractivity contribution is 5.82. The zero-order valence-electron chi connectivity index (χ0n) is 9.93. The van der Waals surface area contributed by atoms with E-state index in [4.69, 9.17) is 13.9 Å². The molecule has 0 saturated carbocycles. The van der Waals surface area contributed by atoms with Crippen molar-refractivity contribution in [3.8, 4) is 5.75 Å². The van der Waals surface area contributed by atoms with Crippen LogP contribution in [-0.2, 0) is 4.74 Å². The molecule has 0 radical (unpaired) electrons. The Kier molecular flexibility index (Phi) is 3.02. The van der Waals surface area contributed by atoms with Gasteiger partial charge in [0.2, 0.25) is 0 Å². The average Bonchev–Trinajstić information content (AvgIpc) is 2.90. The van der Waals surface area contributed by atoms with Crippen LogP contribution in [0, 0.1) is 0 Å². The van der Waals surface area contributed by atoms with E-state index in [9.17, 15) is 4.79 Å². The Hall–Kier alpha value is -1.81. The summed E-state index contributed by atoms with van der Waals surface area (Å²) in [5.74, 6) is 0.753. The maximum Gasteiger partial charge on any atom is 0.343 e. The minimum absolute atomic E-state index is 0.196. The molecule has 2 heterocycles. The highest BCUT2D eigenvalue weighted by Crippen LogP contribution is 2.20. The summed E-state index contributed by atoms with van der Waals surface area (Å²) >= 11 is 0. The predicted molar refractivity (Wildman–Crippen MR) is 67.0 cm³/mol. The number of hydrogen-bond donors (Lipinski definition) is 0. The SMILES string of the molecule is O=c1occc2cc(OC[C@H]3CCCO3)ccc12. The van der Waals surface area contributed by atoms with Crippen LogP contribution >= 0.6 is 0 Å². The standard InChI is InChI=1S/C14H14O4/c15-14-13-4-3-11(8-10(13)5-7-17-14)18-9-12-2-1-6-16-12/h3-5,7-8,12H,1-2,6,9H2/t12-/m1/s1. The molecule has 1 aromatic heterocycles. The number of rotatable bonds is 3. The summed E-state index contributed by atoms with van der Waals surface area (Å²) in [5, 5.41) is 1.40. The van der Waals surface area contributed by atoms with E-state index in [1.807, 2.05) is 6.07 Å². The highest BCUT2D eigenvalue weighted by atomic mass is 16.5. The van der Waals surface area contributed by atoms with E-state index in [0.717, 1.165) is 30.6 Å². The predicted octanol–water partition coefficient (Wildman–Crippen LogP) is 2.35. The van der Waals surface area contributed by atoms with Crippen molar-refractivity contribution in [1.82, 2.24) is 0 Å². The summed E-state index contributed by atoms with van der Waals surface area (Å²) in [6.07, 6.45) is 3.75. The molecule has 1 saturated heterocycles. The Balaban J connectivity index is 1.78. The van der Waals surface area contributed by atoms with Gasteiger partial charge in [-0.25, -0.2) is 4.79 Å². The second-order valence-electron chi connectivity index (χ2n) is 4.40. The molecule has 0 aliphatic carbocycles. The van der Waals surface area contributed by atoms with Crippen molar-refractivity contribution in [1.29, 1.82) is 0 Å². The van der Waals surface area contributed by atoms with Gasteiger partial charge in [-0.1, -0.05) is 0 Å². The molecule has 3 rings (SSSR count). The van der Waals surface area contributed by atoms with Gasteiger partial charge in [0, 0.05) is 6.61 Å². The fraction of sp³-hybridized carbons (Fsp3) is 0.357. The first-order chi connectivity index (χ1) is 8.83. The van der Waals surface area contributed by atoms with Gasteiger partial charge in [0.1, 0.15) is 12.4 Å². The summed E-state index contributed by atoms with van der Waals surface area (Å²) in [7, 11) is 0. The summed E-state index contributed by atoms with van der Waals surface area (Å²) in [6, 6.07) is 7.12. The average molecular weight is 246 g/mol. The van der Waals surface area contributed by atoms with Crippen LogP contribution in [0.2, 0.25) is 0 Å². The largest absolute Gasteiger partial charge is 0.491 e. The molecule has 0 unspecified atom stereocenters. The van der Waals surface area contributed by atoms with Crippen LogP contribution in [0.1, 0.15) is 12.8 Å².